The Morgan fingerprint density at radius 2 is 2.16 bits per heavy atom. The first-order chi connectivity index (χ1) is 9.06. The summed E-state index contributed by atoms with van der Waals surface area (Å²) in [6.07, 6.45) is 1.17. The van der Waals surface area contributed by atoms with Crippen LogP contribution in [0, 0.1) is 0 Å². The zero-order valence-corrected chi connectivity index (χ0v) is 11.2. The van der Waals surface area contributed by atoms with Gasteiger partial charge in [0.25, 0.3) is 5.91 Å². The number of nitrogens with one attached hydrogen (secondary N) is 1. The van der Waals surface area contributed by atoms with Gasteiger partial charge in [0.1, 0.15) is 0 Å². The monoisotopic (exact) mass is 284 g/mol. The molecule has 4 N–H and O–H groups in total. The molecule has 0 atom stereocenters. The van der Waals surface area contributed by atoms with Crippen LogP contribution in [0.1, 0.15) is 23.2 Å². The fourth-order valence-corrected chi connectivity index (χ4v) is 2.38. The highest BCUT2D eigenvalue weighted by Gasteiger charge is 2.34. The fourth-order valence-electron chi connectivity index (χ4n) is 2.11. The highest BCUT2D eigenvalue weighted by molar-refractivity contribution is 6.34. The lowest BCUT2D eigenvalue weighted by Crippen LogP contribution is -2.54. The Morgan fingerprint density at radius 3 is 2.74 bits per heavy atom. The predicted molar refractivity (Wildman–Crippen MR) is 73.2 cm³/mol. The third-order valence-electron chi connectivity index (χ3n) is 3.37. The van der Waals surface area contributed by atoms with Gasteiger partial charge in [-0.05, 0) is 31.0 Å². The van der Waals surface area contributed by atoms with Gasteiger partial charge in [-0.15, -0.1) is 0 Å². The zero-order valence-electron chi connectivity index (χ0n) is 10.5. The van der Waals surface area contributed by atoms with E-state index in [9.17, 15) is 9.90 Å². The zero-order chi connectivity index (χ0) is 13.9. The molecule has 0 aromatic heterocycles. The Morgan fingerprint density at radius 1 is 1.47 bits per heavy atom. The molecular formula is C13H17ClN2O3. The lowest BCUT2D eigenvalue weighted by molar-refractivity contribution is 0.0125. The summed E-state index contributed by atoms with van der Waals surface area (Å²) in [5.74, 6) is -0.305. The van der Waals surface area contributed by atoms with Crippen LogP contribution in [0.3, 0.4) is 0 Å². The number of hydrogen-bond donors (Lipinski definition) is 3. The summed E-state index contributed by atoms with van der Waals surface area (Å²) in [5, 5.41) is 12.7. The summed E-state index contributed by atoms with van der Waals surface area (Å²) >= 11 is 6.00. The van der Waals surface area contributed by atoms with E-state index in [0.717, 1.165) is 0 Å². The molecule has 1 aliphatic rings. The van der Waals surface area contributed by atoms with Crippen molar-refractivity contribution in [2.24, 2.45) is 0 Å². The summed E-state index contributed by atoms with van der Waals surface area (Å²) in [6, 6.07) is 4.74. The smallest absolute Gasteiger partial charge is 0.253 e. The van der Waals surface area contributed by atoms with Gasteiger partial charge in [0.05, 0.1) is 22.7 Å². The number of carbonyl (C=O) groups is 1. The van der Waals surface area contributed by atoms with Crippen LogP contribution in [-0.2, 0) is 4.74 Å². The normalized spacial score (nSPS) is 18.0. The van der Waals surface area contributed by atoms with Gasteiger partial charge in [0.15, 0.2) is 0 Å². The van der Waals surface area contributed by atoms with Gasteiger partial charge in [-0.2, -0.15) is 0 Å². The molecule has 1 aromatic carbocycles. The van der Waals surface area contributed by atoms with Gasteiger partial charge in [0.2, 0.25) is 0 Å². The first-order valence-electron chi connectivity index (χ1n) is 6.12. The van der Waals surface area contributed by atoms with Crippen molar-refractivity contribution in [3.05, 3.63) is 28.8 Å². The molecule has 0 aliphatic carbocycles. The topological polar surface area (TPSA) is 84.6 Å². The Labute approximate surface area is 116 Å². The van der Waals surface area contributed by atoms with Gasteiger partial charge in [-0.25, -0.2) is 0 Å². The second-order valence-electron chi connectivity index (χ2n) is 4.74. The molecule has 1 saturated heterocycles. The maximum Gasteiger partial charge on any atom is 0.253 e. The average molecular weight is 285 g/mol. The van der Waals surface area contributed by atoms with E-state index in [2.05, 4.69) is 5.32 Å². The van der Waals surface area contributed by atoms with Gasteiger partial charge in [0, 0.05) is 18.9 Å². The molecule has 0 spiro atoms. The van der Waals surface area contributed by atoms with Crippen molar-refractivity contribution in [2.45, 2.75) is 18.4 Å². The number of hydrogen-bond acceptors (Lipinski definition) is 4. The predicted octanol–water partition coefficient (Wildman–Crippen LogP) is 1.19. The lowest BCUT2D eigenvalue weighted by Gasteiger charge is -2.36. The molecule has 0 saturated carbocycles. The number of halogens is 1. The standard InChI is InChI=1S/C13H17ClN2O3/c14-11-7-9(15)1-2-10(11)12(18)16-13(8-17)3-5-19-6-4-13/h1-2,7,17H,3-6,8,15H2,(H,16,18). The minimum absolute atomic E-state index is 0.116. The molecule has 5 nitrogen and oxygen atoms in total. The van der Waals surface area contributed by atoms with Crippen LogP contribution in [0.25, 0.3) is 0 Å². The number of aliphatic hydroxyl groups is 1. The Bertz CT molecular complexity index is 473. The van der Waals surface area contributed by atoms with Crippen LogP contribution in [0.2, 0.25) is 5.02 Å². The third-order valence-corrected chi connectivity index (χ3v) is 3.68. The average Bonchev–Trinajstić information content (AvgIpc) is 2.39. The molecule has 2 rings (SSSR count). The number of nitrogens with two attached hydrogens (primary N) is 1. The number of nitrogen functional groups attached to an aromatic ring is 1. The molecular weight excluding hydrogens is 268 g/mol. The molecule has 19 heavy (non-hydrogen) atoms. The first-order valence-corrected chi connectivity index (χ1v) is 6.50. The van der Waals surface area contributed by atoms with E-state index in [4.69, 9.17) is 22.1 Å². The van der Waals surface area contributed by atoms with Crippen molar-refractivity contribution < 1.29 is 14.6 Å². The van der Waals surface area contributed by atoms with Crippen molar-refractivity contribution >= 4 is 23.2 Å². The SMILES string of the molecule is Nc1ccc(C(=O)NC2(CO)CCOCC2)c(Cl)c1. The van der Waals surface area contributed by atoms with Crippen LogP contribution in [-0.4, -0.2) is 36.4 Å². The number of carbonyl (C=O) groups excluding carboxylic acids is 1. The van der Waals surface area contributed by atoms with E-state index in [-0.39, 0.29) is 12.5 Å². The van der Waals surface area contributed by atoms with E-state index < -0.39 is 5.54 Å². The van der Waals surface area contributed by atoms with E-state index in [0.29, 0.717) is 42.3 Å². The minimum atomic E-state index is -0.625. The van der Waals surface area contributed by atoms with Crippen LogP contribution >= 0.6 is 11.6 Å². The molecule has 0 bridgehead atoms. The highest BCUT2D eigenvalue weighted by Crippen LogP contribution is 2.23. The largest absolute Gasteiger partial charge is 0.399 e. The second kappa shape index (κ2) is 5.77. The molecule has 1 fully saturated rings. The molecule has 0 radical (unpaired) electrons. The van der Waals surface area contributed by atoms with Crippen LogP contribution in [0.4, 0.5) is 5.69 Å². The molecule has 1 aliphatic heterocycles. The maximum absolute atomic E-state index is 12.2. The lowest BCUT2D eigenvalue weighted by atomic mass is 9.90. The van der Waals surface area contributed by atoms with E-state index >= 15 is 0 Å². The van der Waals surface area contributed by atoms with E-state index in [1.807, 2.05) is 0 Å². The Kier molecular flexibility index (Phi) is 4.29. The van der Waals surface area contributed by atoms with Gasteiger partial charge < -0.3 is 20.9 Å². The molecule has 0 unspecified atom stereocenters. The number of rotatable bonds is 3. The Balaban J connectivity index is 2.15. The molecule has 6 heteroatoms. The van der Waals surface area contributed by atoms with Crippen LogP contribution in [0.5, 0.6) is 0 Å². The second-order valence-corrected chi connectivity index (χ2v) is 5.15. The van der Waals surface area contributed by atoms with Crippen molar-refractivity contribution in [2.75, 3.05) is 25.6 Å². The molecule has 1 heterocycles. The van der Waals surface area contributed by atoms with Crippen LogP contribution < -0.4 is 11.1 Å². The van der Waals surface area contributed by atoms with Crippen molar-refractivity contribution in [1.29, 1.82) is 0 Å². The summed E-state index contributed by atoms with van der Waals surface area (Å²) in [6.45, 7) is 0.932. The molecule has 1 aromatic rings. The first kappa shape index (κ1) is 14.1. The summed E-state index contributed by atoms with van der Waals surface area (Å²) in [4.78, 5) is 12.2. The number of aliphatic hydroxyl groups excluding tert-OH is 1. The summed E-state index contributed by atoms with van der Waals surface area (Å²) in [5.41, 5.74) is 5.83. The van der Waals surface area contributed by atoms with Gasteiger partial charge in [-0.1, -0.05) is 11.6 Å². The van der Waals surface area contributed by atoms with Crippen molar-refractivity contribution in [3.8, 4) is 0 Å². The fraction of sp³-hybridized carbons (Fsp3) is 0.462. The van der Waals surface area contributed by atoms with E-state index in [1.165, 1.54) is 6.07 Å². The van der Waals surface area contributed by atoms with Crippen molar-refractivity contribution in [3.63, 3.8) is 0 Å². The maximum atomic E-state index is 12.2. The molecule has 1 amide bonds. The third kappa shape index (κ3) is 3.18. The minimum Gasteiger partial charge on any atom is -0.399 e. The summed E-state index contributed by atoms with van der Waals surface area (Å²) in [7, 11) is 0. The highest BCUT2D eigenvalue weighted by atomic mass is 35.5. The molecule has 104 valence electrons. The quantitative estimate of drug-likeness (QED) is 0.728. The van der Waals surface area contributed by atoms with Gasteiger partial charge >= 0.3 is 0 Å². The van der Waals surface area contributed by atoms with E-state index in [1.54, 1.807) is 12.1 Å². The number of benzene rings is 1. The summed E-state index contributed by atoms with van der Waals surface area (Å²) < 4.78 is 5.25. The van der Waals surface area contributed by atoms with Crippen LogP contribution in [0.15, 0.2) is 18.2 Å². The Hall–Kier alpha value is -1.30. The number of amides is 1. The number of ether oxygens (including phenoxy) is 1. The number of anilines is 1. The van der Waals surface area contributed by atoms with Gasteiger partial charge in [-0.3, -0.25) is 4.79 Å². The van der Waals surface area contributed by atoms with Crippen molar-refractivity contribution in [1.82, 2.24) is 5.32 Å².